The molecule has 1 fully saturated rings. The van der Waals surface area contributed by atoms with E-state index in [0.717, 1.165) is 11.3 Å². The summed E-state index contributed by atoms with van der Waals surface area (Å²) in [5.41, 5.74) is 2.05. The van der Waals surface area contributed by atoms with Crippen LogP contribution in [0.25, 0.3) is 0 Å². The van der Waals surface area contributed by atoms with Gasteiger partial charge in [-0.15, -0.1) is 10.2 Å². The van der Waals surface area contributed by atoms with Gasteiger partial charge < -0.3 is 0 Å². The fourth-order valence-corrected chi connectivity index (χ4v) is 2.99. The molecule has 124 valence electrons. The molecule has 1 unspecified atom stereocenters. The second-order valence-electron chi connectivity index (χ2n) is 6.13. The van der Waals surface area contributed by atoms with E-state index in [9.17, 15) is 8.78 Å². The molecule has 2 aromatic rings. The van der Waals surface area contributed by atoms with Crippen molar-refractivity contribution in [3.8, 4) is 0 Å². The van der Waals surface area contributed by atoms with Crippen LogP contribution >= 0.6 is 0 Å². The van der Waals surface area contributed by atoms with E-state index in [0.29, 0.717) is 31.9 Å². The van der Waals surface area contributed by atoms with Crippen LogP contribution in [0.1, 0.15) is 29.9 Å². The fraction of sp³-hybridized carbons (Fsp3) is 0.600. The number of alkyl halides is 2. The summed E-state index contributed by atoms with van der Waals surface area (Å²) < 4.78 is 28.7. The van der Waals surface area contributed by atoms with Crippen LogP contribution in [0.3, 0.4) is 0 Å². The lowest BCUT2D eigenvalue weighted by Gasteiger charge is -2.22. The fourth-order valence-electron chi connectivity index (χ4n) is 2.99. The molecule has 3 heterocycles. The van der Waals surface area contributed by atoms with Gasteiger partial charge in [0, 0.05) is 38.0 Å². The van der Waals surface area contributed by atoms with Crippen LogP contribution in [0.4, 0.5) is 8.78 Å². The van der Waals surface area contributed by atoms with Crippen molar-refractivity contribution in [1.82, 2.24) is 30.5 Å². The number of aryl methyl sites for hydroxylation is 1. The Morgan fingerprint density at radius 1 is 1.39 bits per heavy atom. The Labute approximate surface area is 133 Å². The number of likely N-dealkylation sites (tertiary alicyclic amines) is 1. The number of aromatic amines is 1. The van der Waals surface area contributed by atoms with Gasteiger partial charge in [0.05, 0.1) is 5.69 Å². The van der Waals surface area contributed by atoms with Crippen LogP contribution < -0.4 is 0 Å². The number of aromatic nitrogens is 5. The molecule has 0 aliphatic carbocycles. The number of hydrogen-bond acceptors (Lipinski definition) is 5. The molecule has 1 saturated heterocycles. The van der Waals surface area contributed by atoms with Gasteiger partial charge in [-0.05, 0) is 37.6 Å². The molecule has 0 saturated carbocycles. The average Bonchev–Trinajstić information content (AvgIpc) is 2.97. The van der Waals surface area contributed by atoms with E-state index >= 15 is 0 Å². The first-order chi connectivity index (χ1) is 11.0. The normalized spacial score (nSPS) is 22.0. The van der Waals surface area contributed by atoms with Gasteiger partial charge in [-0.3, -0.25) is 9.88 Å². The molecule has 3 rings (SSSR count). The third kappa shape index (κ3) is 4.07. The highest BCUT2D eigenvalue weighted by atomic mass is 19.3. The van der Waals surface area contributed by atoms with Gasteiger partial charge in [0.15, 0.2) is 5.82 Å². The summed E-state index contributed by atoms with van der Waals surface area (Å²) in [7, 11) is 0. The molecule has 0 bridgehead atoms. The standard InChI is InChI=1S/C15H20F2N6/c1-11-2-5-18-13(8-11)10-23-6-3-12(15(16,17)4-7-23)9-14-19-21-22-20-14/h2,5,8,12H,3-4,6-7,9-10H2,1H3,(H,19,20,21,22). The van der Waals surface area contributed by atoms with E-state index in [4.69, 9.17) is 0 Å². The number of hydrogen-bond donors (Lipinski definition) is 1. The summed E-state index contributed by atoms with van der Waals surface area (Å²) in [5.74, 6) is -3.12. The van der Waals surface area contributed by atoms with Crippen molar-refractivity contribution in [2.75, 3.05) is 13.1 Å². The van der Waals surface area contributed by atoms with Crippen molar-refractivity contribution in [3.05, 3.63) is 35.4 Å². The van der Waals surface area contributed by atoms with Crippen LogP contribution in [0.2, 0.25) is 0 Å². The minimum atomic E-state index is -2.71. The first-order valence-electron chi connectivity index (χ1n) is 7.77. The van der Waals surface area contributed by atoms with Crippen LogP contribution in [0.15, 0.2) is 18.3 Å². The zero-order chi connectivity index (χ0) is 16.3. The summed E-state index contributed by atoms with van der Waals surface area (Å²) in [4.78, 5) is 6.37. The maximum atomic E-state index is 14.4. The molecule has 23 heavy (non-hydrogen) atoms. The van der Waals surface area contributed by atoms with Crippen molar-refractivity contribution in [2.45, 2.75) is 38.7 Å². The average molecular weight is 322 g/mol. The molecule has 1 N–H and O–H groups in total. The van der Waals surface area contributed by atoms with Crippen molar-refractivity contribution in [2.24, 2.45) is 5.92 Å². The zero-order valence-corrected chi connectivity index (χ0v) is 13.0. The second kappa shape index (κ2) is 6.66. The van der Waals surface area contributed by atoms with E-state index in [-0.39, 0.29) is 12.8 Å². The Bertz CT molecular complexity index is 631. The first kappa shape index (κ1) is 15.9. The molecule has 0 amide bonds. The van der Waals surface area contributed by atoms with E-state index in [1.165, 1.54) is 0 Å². The van der Waals surface area contributed by atoms with E-state index in [1.807, 2.05) is 24.0 Å². The van der Waals surface area contributed by atoms with E-state index in [1.54, 1.807) is 6.20 Å². The number of halogens is 2. The lowest BCUT2D eigenvalue weighted by Crippen LogP contribution is -2.30. The number of nitrogens with zero attached hydrogens (tertiary/aromatic N) is 5. The molecule has 1 aliphatic rings. The Morgan fingerprint density at radius 2 is 2.26 bits per heavy atom. The molecule has 6 nitrogen and oxygen atoms in total. The summed E-state index contributed by atoms with van der Waals surface area (Å²) in [6.07, 6.45) is 2.17. The van der Waals surface area contributed by atoms with Gasteiger partial charge in [-0.2, -0.15) is 5.21 Å². The second-order valence-corrected chi connectivity index (χ2v) is 6.13. The molecular weight excluding hydrogens is 302 g/mol. The molecule has 1 atom stereocenters. The van der Waals surface area contributed by atoms with Crippen LogP contribution in [-0.4, -0.2) is 49.5 Å². The van der Waals surface area contributed by atoms with Gasteiger partial charge in [-0.25, -0.2) is 8.78 Å². The number of H-pyrrole nitrogens is 1. The number of rotatable bonds is 4. The Morgan fingerprint density at radius 3 is 3.00 bits per heavy atom. The molecule has 1 aliphatic heterocycles. The van der Waals surface area contributed by atoms with Crippen molar-refractivity contribution in [1.29, 1.82) is 0 Å². The Balaban J connectivity index is 1.64. The first-order valence-corrected chi connectivity index (χ1v) is 7.77. The minimum Gasteiger partial charge on any atom is -0.297 e. The van der Waals surface area contributed by atoms with E-state index < -0.39 is 11.8 Å². The third-order valence-corrected chi connectivity index (χ3v) is 4.33. The monoisotopic (exact) mass is 322 g/mol. The molecule has 2 aromatic heterocycles. The largest absolute Gasteiger partial charge is 0.297 e. The smallest absolute Gasteiger partial charge is 0.252 e. The van der Waals surface area contributed by atoms with Gasteiger partial charge in [-0.1, -0.05) is 5.21 Å². The molecule has 8 heteroatoms. The molecule has 0 aromatic carbocycles. The predicted molar refractivity (Wildman–Crippen MR) is 79.8 cm³/mol. The zero-order valence-electron chi connectivity index (χ0n) is 13.0. The number of pyridine rings is 1. The van der Waals surface area contributed by atoms with Crippen molar-refractivity contribution >= 4 is 0 Å². The van der Waals surface area contributed by atoms with Gasteiger partial charge in [0.2, 0.25) is 0 Å². The number of nitrogens with one attached hydrogen (secondary N) is 1. The predicted octanol–water partition coefficient (Wildman–Crippen LogP) is 1.99. The highest BCUT2D eigenvalue weighted by molar-refractivity contribution is 5.14. The summed E-state index contributed by atoms with van der Waals surface area (Å²) >= 11 is 0. The van der Waals surface area contributed by atoms with Gasteiger partial charge in [0.1, 0.15) is 0 Å². The highest BCUT2D eigenvalue weighted by Crippen LogP contribution is 2.35. The maximum Gasteiger partial charge on any atom is 0.252 e. The van der Waals surface area contributed by atoms with Crippen LogP contribution in [0.5, 0.6) is 0 Å². The van der Waals surface area contributed by atoms with Gasteiger partial charge in [0.25, 0.3) is 5.92 Å². The van der Waals surface area contributed by atoms with E-state index in [2.05, 4.69) is 25.6 Å². The topological polar surface area (TPSA) is 70.6 Å². The molecule has 0 spiro atoms. The Kier molecular flexibility index (Phi) is 4.61. The van der Waals surface area contributed by atoms with Crippen LogP contribution in [0, 0.1) is 12.8 Å². The summed E-state index contributed by atoms with van der Waals surface area (Å²) in [6.45, 7) is 3.59. The van der Waals surface area contributed by atoms with Crippen LogP contribution in [-0.2, 0) is 13.0 Å². The lowest BCUT2D eigenvalue weighted by atomic mass is 9.93. The molecule has 0 radical (unpaired) electrons. The Hall–Kier alpha value is -1.96. The quantitative estimate of drug-likeness (QED) is 0.932. The molecular formula is C15H20F2N6. The van der Waals surface area contributed by atoms with Crippen molar-refractivity contribution < 1.29 is 8.78 Å². The number of tetrazole rings is 1. The SMILES string of the molecule is Cc1ccnc(CN2CCC(Cc3nn[nH]n3)C(F)(F)CC2)c1. The lowest BCUT2D eigenvalue weighted by molar-refractivity contribution is -0.0617. The van der Waals surface area contributed by atoms with Gasteiger partial charge >= 0.3 is 0 Å². The summed E-state index contributed by atoms with van der Waals surface area (Å²) in [5, 5.41) is 13.4. The highest BCUT2D eigenvalue weighted by Gasteiger charge is 2.42. The minimum absolute atomic E-state index is 0.151. The third-order valence-electron chi connectivity index (χ3n) is 4.33. The maximum absolute atomic E-state index is 14.4. The summed E-state index contributed by atoms with van der Waals surface area (Å²) in [6, 6.07) is 3.93. The van der Waals surface area contributed by atoms with Crippen molar-refractivity contribution in [3.63, 3.8) is 0 Å².